The van der Waals surface area contributed by atoms with Crippen molar-refractivity contribution in [2.75, 3.05) is 55.7 Å². The van der Waals surface area contributed by atoms with E-state index in [-0.39, 0.29) is 88.4 Å². The molecule has 4 aliphatic rings. The number of aliphatic hydroxyl groups is 1. The highest BCUT2D eigenvalue weighted by atomic mass is 33.1. The van der Waals surface area contributed by atoms with Crippen molar-refractivity contribution in [3.8, 4) is 5.75 Å². The molecule has 2 fully saturated rings. The lowest BCUT2D eigenvalue weighted by molar-refractivity contribution is -0.439. The number of benzene rings is 5. The zero-order valence-electron chi connectivity index (χ0n) is 59.6. The molecule has 31 heteroatoms. The number of carboxylic acids is 3. The summed E-state index contributed by atoms with van der Waals surface area (Å²) in [5.41, 5.74) is 10.4. The molecule has 2 saturated heterocycles. The number of anilines is 1. The van der Waals surface area contributed by atoms with Crippen LogP contribution in [0.3, 0.4) is 0 Å². The molecule has 0 saturated carbocycles. The summed E-state index contributed by atoms with van der Waals surface area (Å²) in [5.74, 6) is -12.9. The van der Waals surface area contributed by atoms with Crippen LogP contribution in [0.4, 0.5) is 11.4 Å². The highest BCUT2D eigenvalue weighted by Crippen LogP contribution is 2.51. The topological polar surface area (TPSA) is 447 Å². The van der Waals surface area contributed by atoms with Crippen molar-refractivity contribution in [3.05, 3.63) is 162 Å². The second-order valence-electron chi connectivity index (χ2n) is 27.3. The molecule has 4 aliphatic heterocycles. The third-order valence-corrected chi connectivity index (χ3v) is 21.5. The van der Waals surface area contributed by atoms with E-state index in [1.165, 1.54) is 24.3 Å². The first-order chi connectivity index (χ1) is 51.1. The van der Waals surface area contributed by atoms with E-state index in [9.17, 15) is 78.3 Å². The predicted octanol–water partition coefficient (Wildman–Crippen LogP) is 2.42. The average molecular weight is 1500 g/mol. The molecule has 0 spiro atoms. The maximum absolute atomic E-state index is 14.6. The van der Waals surface area contributed by atoms with Crippen molar-refractivity contribution < 1.29 is 82.8 Å². The number of nitrogens with zero attached hydrogens (tertiary/aromatic N) is 3. The minimum absolute atomic E-state index is 0.0126. The monoisotopic (exact) mass is 1500 g/mol. The summed E-state index contributed by atoms with van der Waals surface area (Å²) in [6.07, 6.45) is 11.8. The molecule has 0 bridgehead atoms. The highest BCUT2D eigenvalue weighted by Gasteiger charge is 2.47. The molecule has 7 unspecified atom stereocenters. The van der Waals surface area contributed by atoms with Crippen LogP contribution in [-0.4, -0.2) is 200 Å². The van der Waals surface area contributed by atoms with Crippen LogP contribution < -0.4 is 58.3 Å². The van der Waals surface area contributed by atoms with Crippen molar-refractivity contribution in [2.45, 2.75) is 132 Å². The number of carbonyl (C=O) groups excluding carboxylic acids is 9. The summed E-state index contributed by atoms with van der Waals surface area (Å²) in [5, 5.41) is 84.2. The number of fused-ring (bicyclic) bond motifs is 7. The molecule has 8 amide bonds. The van der Waals surface area contributed by atoms with Gasteiger partial charge in [-0.15, -0.1) is 0 Å². The summed E-state index contributed by atoms with van der Waals surface area (Å²) < 4.78 is 2.04. The molecule has 9 rings (SSSR count). The first-order valence-corrected chi connectivity index (χ1v) is 37.5. The zero-order valence-corrected chi connectivity index (χ0v) is 61.2. The van der Waals surface area contributed by atoms with Crippen molar-refractivity contribution >= 4 is 131 Å². The number of phenolic OH excluding ortho intramolecular Hbond substituents is 1. The summed E-state index contributed by atoms with van der Waals surface area (Å²) >= 11 is 0. The quantitative estimate of drug-likeness (QED) is 0.0111. The maximum atomic E-state index is 14.6. The second kappa shape index (κ2) is 36.3. The summed E-state index contributed by atoms with van der Waals surface area (Å²) in [7, 11) is 1.91. The lowest BCUT2D eigenvalue weighted by Gasteiger charge is -2.30. The van der Waals surface area contributed by atoms with Crippen LogP contribution in [0.5, 0.6) is 5.75 Å². The number of amides is 8. The number of aromatic hydroxyl groups is 1. The van der Waals surface area contributed by atoms with Crippen LogP contribution in [0.2, 0.25) is 0 Å². The Morgan fingerprint density at radius 1 is 0.757 bits per heavy atom. The third kappa shape index (κ3) is 20.1. The lowest BCUT2D eigenvalue weighted by atomic mass is 9.79. The van der Waals surface area contributed by atoms with E-state index in [0.717, 1.165) is 81.9 Å². The number of nitrogens with one attached hydrogen (secondary N) is 9. The van der Waals surface area contributed by atoms with Gasteiger partial charge in [0, 0.05) is 90.9 Å². The Hall–Kier alpha value is -11.1. The Morgan fingerprint density at radius 2 is 1.41 bits per heavy atom. The largest absolute Gasteiger partial charge is 0.550 e. The number of carboxylic acid groups (broad SMARTS) is 3. The fourth-order valence-electron chi connectivity index (χ4n) is 13.9. The molecule has 5 aromatic carbocycles. The van der Waals surface area contributed by atoms with Crippen molar-refractivity contribution in [1.29, 1.82) is 5.41 Å². The van der Waals surface area contributed by atoms with Gasteiger partial charge < -0.3 is 88.4 Å². The van der Waals surface area contributed by atoms with E-state index in [1.807, 2.05) is 113 Å². The zero-order chi connectivity index (χ0) is 77.3. The van der Waals surface area contributed by atoms with Crippen molar-refractivity contribution in [3.63, 3.8) is 0 Å². The van der Waals surface area contributed by atoms with E-state index in [2.05, 4.69) is 82.4 Å². The molecule has 4 heterocycles. The lowest BCUT2D eigenvalue weighted by Crippen LogP contribution is -2.60. The maximum Gasteiger partial charge on any atom is 0.326 e. The van der Waals surface area contributed by atoms with E-state index < -0.39 is 144 Å². The SMILES string of the molecule is CC1(C)C(/C=C/C=C/C=C/C=C2/N(CCC(=O)NC3CSSCC(C(=O)NC(Cc4ccc(O)cc4)C(=O)O)NC(=O)C4CCCN4C(=O)C(CO)NC(=O)C(CC(=O)O)NC(=O)C(CCCNC(=N)N)NC(=O)CNC3=O)c3ccc4ccccc4c3C2(C)C)=[N+](CCC(=O)[O-])c2ccc3ccccc3c21. The number of aliphatic carboxylic acids is 3. The molecule has 0 aliphatic carbocycles. The number of aliphatic hydroxyl groups excluding tert-OH is 1. The molecule has 0 radical (unpaired) electrons. The molecule has 0 aromatic heterocycles. The third-order valence-electron chi connectivity index (χ3n) is 19.1. The highest BCUT2D eigenvalue weighted by molar-refractivity contribution is 8.76. The summed E-state index contributed by atoms with van der Waals surface area (Å²) in [4.78, 5) is 154. The fourth-order valence-corrected chi connectivity index (χ4v) is 16.2. The number of rotatable bonds is 23. The van der Waals surface area contributed by atoms with Crippen molar-refractivity contribution in [2.24, 2.45) is 5.73 Å². The first-order valence-electron chi connectivity index (χ1n) is 35.0. The van der Waals surface area contributed by atoms with Gasteiger partial charge in [-0.3, -0.25) is 48.6 Å². The molecule has 29 nitrogen and oxygen atoms in total. The van der Waals surface area contributed by atoms with Gasteiger partial charge in [0.1, 0.15) is 48.0 Å². The normalized spacial score (nSPS) is 21.7. The van der Waals surface area contributed by atoms with E-state index >= 15 is 0 Å². The van der Waals surface area contributed by atoms with Gasteiger partial charge in [-0.1, -0.05) is 133 Å². The minimum Gasteiger partial charge on any atom is -0.550 e. The van der Waals surface area contributed by atoms with Gasteiger partial charge >= 0.3 is 11.9 Å². The van der Waals surface area contributed by atoms with Crippen LogP contribution in [0.15, 0.2) is 145 Å². The Balaban J connectivity index is 0.986. The Labute approximate surface area is 625 Å². The van der Waals surface area contributed by atoms with E-state index in [1.54, 1.807) is 0 Å². The molecular weight excluding hydrogens is 1420 g/mol. The van der Waals surface area contributed by atoms with Gasteiger partial charge in [0.15, 0.2) is 18.2 Å². The Kier molecular flexibility index (Phi) is 27.2. The van der Waals surface area contributed by atoms with E-state index in [0.29, 0.717) is 5.56 Å². The van der Waals surface area contributed by atoms with Crippen LogP contribution in [0.25, 0.3) is 21.5 Å². The Bertz CT molecular complexity index is 4420. The molecule has 566 valence electrons. The number of phenols is 1. The molecule has 107 heavy (non-hydrogen) atoms. The number of hydrogen-bond donors (Lipinski definition) is 14. The van der Waals surface area contributed by atoms with Gasteiger partial charge in [-0.2, -0.15) is 4.58 Å². The van der Waals surface area contributed by atoms with Gasteiger partial charge in [-0.05, 0) is 103 Å². The number of carbonyl (C=O) groups is 11. The predicted molar refractivity (Wildman–Crippen MR) is 403 cm³/mol. The fraction of sp³-hybridized carbons (Fsp3) is 0.382. The van der Waals surface area contributed by atoms with Crippen LogP contribution in [-0.2, 0) is 70.0 Å². The second-order valence-corrected chi connectivity index (χ2v) is 29.8. The van der Waals surface area contributed by atoms with Crippen LogP contribution >= 0.6 is 21.6 Å². The number of allylic oxidation sites excluding steroid dienone is 8. The Morgan fingerprint density at radius 3 is 2.09 bits per heavy atom. The molecular formula is C76H89N13O16S2. The number of guanidine groups is 1. The van der Waals surface area contributed by atoms with Gasteiger partial charge in [0.2, 0.25) is 52.9 Å². The van der Waals surface area contributed by atoms with Crippen molar-refractivity contribution in [1.82, 2.24) is 47.4 Å². The summed E-state index contributed by atoms with van der Waals surface area (Å²) in [6, 6.07) is 18.5. The summed E-state index contributed by atoms with van der Waals surface area (Å²) in [6.45, 7) is 6.77. The minimum atomic E-state index is -1.94. The van der Waals surface area contributed by atoms with Crippen LogP contribution in [0.1, 0.15) is 89.3 Å². The first kappa shape index (κ1) is 80.1. The van der Waals surface area contributed by atoms with Gasteiger partial charge in [0.05, 0.1) is 25.0 Å². The molecule has 15 N–H and O–H groups in total. The molecule has 7 atom stereocenters. The smallest absolute Gasteiger partial charge is 0.326 e. The van der Waals surface area contributed by atoms with Gasteiger partial charge in [0.25, 0.3) is 0 Å². The molecule has 5 aromatic rings. The number of nitrogens with two attached hydrogens (primary N) is 1. The number of hydrogen-bond acceptors (Lipinski definition) is 18. The van der Waals surface area contributed by atoms with Crippen LogP contribution in [0, 0.1) is 5.41 Å². The van der Waals surface area contributed by atoms with Gasteiger partial charge in [-0.25, -0.2) is 4.79 Å². The average Bonchev–Trinajstić information content (AvgIpc) is 1.58. The van der Waals surface area contributed by atoms with E-state index in [4.69, 9.17) is 11.1 Å². The standard InChI is InChI=1S/C76H89N13O16S2/c1-75(2)59(22-8-6-5-7-9-23-60-76(3,4)66-49-19-13-11-17-46(49)27-31-57(66)88(60)37-33-63(94)95)87(56-30-26-45-16-10-12-18-48(45)65(56)75)36-32-61(92)82-54-42-106-107-43-55(70(101)84-52(73(104)105)38-44-24-28-47(91)29-25-44)86-71(102)58-21-15-35-89(58)72(103)53(41-90)85-69(100)51(39-64(96)97)83-68(99)50(20-14-34-79-74(77)78)81-62(93)40-80-67(54)98/h5-13,16-19,22-31,50-55,58,90H,14-15,20-21,32-43H2,1-4H3,(H14-,77,78,79,80,81,82,83,84,85,86,91,92,93,94,95,96,97,98,99,100,101,102,104,105).